The lowest BCUT2D eigenvalue weighted by molar-refractivity contribution is 0.227. The zero-order valence-corrected chi connectivity index (χ0v) is 19.0. The van der Waals surface area contributed by atoms with Crippen LogP contribution in [0.25, 0.3) is 6.08 Å². The molecule has 0 bridgehead atoms. The van der Waals surface area contributed by atoms with Gasteiger partial charge in [0.2, 0.25) is 0 Å². The number of methoxy groups -OCH3 is 2. The Balaban J connectivity index is 1.75. The Morgan fingerprint density at radius 2 is 1.68 bits per heavy atom. The van der Waals surface area contributed by atoms with E-state index in [0.29, 0.717) is 39.5 Å². The summed E-state index contributed by atoms with van der Waals surface area (Å²) in [6.45, 7) is 0.311. The van der Waals surface area contributed by atoms with E-state index < -0.39 is 6.10 Å². The molecule has 0 aliphatic carbocycles. The molecule has 0 aromatic heterocycles. The standard InChI is InChI=1S/C25H25BrO5/c1-29-24-13-21(22(26)14-25(24)30-2)23(28)11-9-18-8-10-20(12-19(18)15-27)31-16-17-6-4-3-5-7-17/h3-14,23,27-28H,15-16H2,1-2H3/b11-9+. The molecule has 0 spiro atoms. The second-order valence-corrected chi connectivity index (χ2v) is 7.68. The van der Waals surface area contributed by atoms with E-state index in [1.165, 1.54) is 0 Å². The molecular weight excluding hydrogens is 460 g/mol. The van der Waals surface area contributed by atoms with Crippen molar-refractivity contribution in [2.24, 2.45) is 0 Å². The SMILES string of the molecule is COc1cc(Br)c(C(O)/C=C/c2ccc(OCc3ccccc3)cc2CO)cc1OC. The lowest BCUT2D eigenvalue weighted by atomic mass is 10.0. The number of hydrogen-bond donors (Lipinski definition) is 2. The number of hydrogen-bond acceptors (Lipinski definition) is 5. The number of aliphatic hydroxyl groups is 2. The molecule has 6 heteroatoms. The van der Waals surface area contributed by atoms with Gasteiger partial charge in [-0.3, -0.25) is 0 Å². The quantitative estimate of drug-likeness (QED) is 0.432. The minimum atomic E-state index is -0.880. The first-order valence-electron chi connectivity index (χ1n) is 9.74. The van der Waals surface area contributed by atoms with Crippen LogP contribution in [0.3, 0.4) is 0 Å². The van der Waals surface area contributed by atoms with Gasteiger partial charge in [0.1, 0.15) is 12.4 Å². The van der Waals surface area contributed by atoms with Crippen LogP contribution < -0.4 is 14.2 Å². The molecule has 1 atom stereocenters. The molecular formula is C25H25BrO5. The molecule has 3 aromatic carbocycles. The van der Waals surface area contributed by atoms with Gasteiger partial charge in [-0.05, 0) is 41.0 Å². The molecule has 0 aliphatic rings. The zero-order chi connectivity index (χ0) is 22.2. The van der Waals surface area contributed by atoms with E-state index in [1.54, 1.807) is 44.6 Å². The molecule has 2 N–H and O–H groups in total. The summed E-state index contributed by atoms with van der Waals surface area (Å²) in [5.74, 6) is 1.78. The highest BCUT2D eigenvalue weighted by Crippen LogP contribution is 2.36. The Labute approximate surface area is 190 Å². The van der Waals surface area contributed by atoms with Gasteiger partial charge in [0.25, 0.3) is 0 Å². The first-order valence-corrected chi connectivity index (χ1v) is 10.5. The number of rotatable bonds is 9. The van der Waals surface area contributed by atoms with Crippen LogP contribution in [-0.4, -0.2) is 24.4 Å². The number of halogens is 1. The van der Waals surface area contributed by atoms with Gasteiger partial charge in [-0.2, -0.15) is 0 Å². The van der Waals surface area contributed by atoms with E-state index in [9.17, 15) is 10.2 Å². The maximum atomic E-state index is 10.7. The van der Waals surface area contributed by atoms with Crippen molar-refractivity contribution in [3.05, 3.63) is 93.5 Å². The minimum Gasteiger partial charge on any atom is -0.493 e. The van der Waals surface area contributed by atoms with Crippen molar-refractivity contribution < 1.29 is 24.4 Å². The third-order valence-electron chi connectivity index (χ3n) is 4.81. The molecule has 1 unspecified atom stereocenters. The van der Waals surface area contributed by atoms with Crippen LogP contribution in [0.1, 0.15) is 28.4 Å². The van der Waals surface area contributed by atoms with Crippen molar-refractivity contribution in [1.82, 2.24) is 0 Å². The van der Waals surface area contributed by atoms with Gasteiger partial charge < -0.3 is 24.4 Å². The fraction of sp³-hybridized carbons (Fsp3) is 0.200. The van der Waals surface area contributed by atoms with Gasteiger partial charge >= 0.3 is 0 Å². The summed E-state index contributed by atoms with van der Waals surface area (Å²) in [7, 11) is 3.11. The number of aliphatic hydroxyl groups excluding tert-OH is 2. The zero-order valence-electron chi connectivity index (χ0n) is 17.4. The lowest BCUT2D eigenvalue weighted by Crippen LogP contribution is -1.99. The van der Waals surface area contributed by atoms with Crippen LogP contribution in [0.4, 0.5) is 0 Å². The fourth-order valence-corrected chi connectivity index (χ4v) is 3.66. The van der Waals surface area contributed by atoms with E-state index in [2.05, 4.69) is 15.9 Å². The van der Waals surface area contributed by atoms with Crippen molar-refractivity contribution in [1.29, 1.82) is 0 Å². The second kappa shape index (κ2) is 11.0. The molecule has 3 rings (SSSR count). The highest BCUT2D eigenvalue weighted by molar-refractivity contribution is 9.10. The highest BCUT2D eigenvalue weighted by atomic mass is 79.9. The minimum absolute atomic E-state index is 0.141. The van der Waals surface area contributed by atoms with Crippen LogP contribution in [0.15, 0.2) is 71.2 Å². The first kappa shape index (κ1) is 22.9. The van der Waals surface area contributed by atoms with Crippen molar-refractivity contribution in [3.8, 4) is 17.2 Å². The van der Waals surface area contributed by atoms with E-state index >= 15 is 0 Å². The van der Waals surface area contributed by atoms with Gasteiger partial charge in [0, 0.05) is 10.0 Å². The van der Waals surface area contributed by atoms with Crippen LogP contribution in [0, 0.1) is 0 Å². The molecule has 162 valence electrons. The molecule has 31 heavy (non-hydrogen) atoms. The van der Waals surface area contributed by atoms with Gasteiger partial charge in [-0.15, -0.1) is 0 Å². The van der Waals surface area contributed by atoms with Crippen molar-refractivity contribution in [2.45, 2.75) is 19.3 Å². The van der Waals surface area contributed by atoms with Gasteiger partial charge in [-0.25, -0.2) is 0 Å². The fourth-order valence-electron chi connectivity index (χ4n) is 3.11. The Kier molecular flexibility index (Phi) is 8.12. The topological polar surface area (TPSA) is 68.2 Å². The van der Waals surface area contributed by atoms with Gasteiger partial charge in [0.05, 0.1) is 26.9 Å². The monoisotopic (exact) mass is 484 g/mol. The molecule has 0 fully saturated rings. The van der Waals surface area contributed by atoms with Crippen molar-refractivity contribution in [3.63, 3.8) is 0 Å². The third-order valence-corrected chi connectivity index (χ3v) is 5.50. The second-order valence-electron chi connectivity index (χ2n) is 6.83. The smallest absolute Gasteiger partial charge is 0.161 e. The summed E-state index contributed by atoms with van der Waals surface area (Å²) in [4.78, 5) is 0. The normalized spacial score (nSPS) is 12.0. The molecule has 3 aromatic rings. The van der Waals surface area contributed by atoms with Crippen LogP contribution in [-0.2, 0) is 13.2 Å². The molecule has 0 aliphatic heterocycles. The third kappa shape index (κ3) is 5.88. The maximum absolute atomic E-state index is 10.7. The van der Waals surface area contributed by atoms with E-state index in [0.717, 1.165) is 11.1 Å². The average Bonchev–Trinajstić information content (AvgIpc) is 2.81. The molecule has 0 saturated carbocycles. The van der Waals surface area contributed by atoms with E-state index in [-0.39, 0.29) is 6.61 Å². The summed E-state index contributed by atoms with van der Waals surface area (Å²) in [6.07, 6.45) is 2.56. The molecule has 0 radical (unpaired) electrons. The predicted molar refractivity (Wildman–Crippen MR) is 124 cm³/mol. The van der Waals surface area contributed by atoms with Crippen molar-refractivity contribution in [2.75, 3.05) is 14.2 Å². The summed E-state index contributed by atoms with van der Waals surface area (Å²) in [6, 6.07) is 18.9. The van der Waals surface area contributed by atoms with Gasteiger partial charge in [-0.1, -0.05) is 64.5 Å². The summed E-state index contributed by atoms with van der Waals surface area (Å²) >= 11 is 3.47. The Hall–Kier alpha value is -2.80. The number of benzene rings is 3. The largest absolute Gasteiger partial charge is 0.493 e. The van der Waals surface area contributed by atoms with Gasteiger partial charge in [0.15, 0.2) is 11.5 Å². The molecule has 0 saturated heterocycles. The van der Waals surface area contributed by atoms with Crippen LogP contribution >= 0.6 is 15.9 Å². The molecule has 0 amide bonds. The summed E-state index contributed by atoms with van der Waals surface area (Å²) in [5.41, 5.74) is 3.22. The predicted octanol–water partition coefficient (Wildman–Crippen LogP) is 5.28. The van der Waals surface area contributed by atoms with Crippen LogP contribution in [0.2, 0.25) is 0 Å². The molecule has 0 heterocycles. The molecule has 5 nitrogen and oxygen atoms in total. The summed E-state index contributed by atoms with van der Waals surface area (Å²) in [5, 5.41) is 20.5. The number of ether oxygens (including phenoxy) is 3. The first-order chi connectivity index (χ1) is 15.0. The van der Waals surface area contributed by atoms with Crippen molar-refractivity contribution >= 4 is 22.0 Å². The highest BCUT2D eigenvalue weighted by Gasteiger charge is 2.14. The Bertz CT molecular complexity index is 1030. The Morgan fingerprint density at radius 3 is 2.35 bits per heavy atom. The Morgan fingerprint density at radius 1 is 0.968 bits per heavy atom. The average molecular weight is 485 g/mol. The summed E-state index contributed by atoms with van der Waals surface area (Å²) < 4.78 is 17.1. The maximum Gasteiger partial charge on any atom is 0.161 e. The van der Waals surface area contributed by atoms with E-state index in [1.807, 2.05) is 42.5 Å². The van der Waals surface area contributed by atoms with E-state index in [4.69, 9.17) is 14.2 Å². The van der Waals surface area contributed by atoms with Crippen LogP contribution in [0.5, 0.6) is 17.2 Å². The lowest BCUT2D eigenvalue weighted by Gasteiger charge is -2.14.